The topological polar surface area (TPSA) is 55.1 Å². The Balaban J connectivity index is 2.41. The molecule has 3 nitrogen and oxygen atoms in total. The Kier molecular flexibility index (Phi) is 4.71. The molecule has 1 rings (SSSR count). The van der Waals surface area contributed by atoms with Crippen LogP contribution < -0.4 is 11.1 Å². The number of hydrogen-bond donors (Lipinski definition) is 2. The summed E-state index contributed by atoms with van der Waals surface area (Å²) in [7, 11) is 0. The third-order valence-electron chi connectivity index (χ3n) is 3.37. The maximum absolute atomic E-state index is 12.0. The molecule has 1 aliphatic carbocycles. The zero-order valence-electron chi connectivity index (χ0n) is 10.2. The summed E-state index contributed by atoms with van der Waals surface area (Å²) in [6.45, 7) is 5.01. The number of thiocarbonyl (C=S) groups is 1. The molecule has 0 aromatic carbocycles. The Morgan fingerprint density at radius 1 is 1.50 bits per heavy atom. The van der Waals surface area contributed by atoms with Crippen LogP contribution in [0.25, 0.3) is 0 Å². The number of unbranched alkanes of at least 4 members (excludes halogenated alkanes) is 2. The van der Waals surface area contributed by atoms with Crippen LogP contribution in [0.3, 0.4) is 0 Å². The molecule has 0 saturated heterocycles. The van der Waals surface area contributed by atoms with Crippen LogP contribution in [0, 0.1) is 11.3 Å². The van der Waals surface area contributed by atoms with Crippen LogP contribution >= 0.6 is 12.2 Å². The number of amides is 1. The molecule has 4 heteroatoms. The van der Waals surface area contributed by atoms with E-state index in [1.54, 1.807) is 0 Å². The Morgan fingerprint density at radius 2 is 2.12 bits per heavy atom. The van der Waals surface area contributed by atoms with Crippen molar-refractivity contribution in [2.45, 2.75) is 46.0 Å². The highest BCUT2D eigenvalue weighted by Gasteiger charge is 2.50. The van der Waals surface area contributed by atoms with Gasteiger partial charge in [-0.25, -0.2) is 0 Å². The summed E-state index contributed by atoms with van der Waals surface area (Å²) in [5.41, 5.74) is 5.16. The van der Waals surface area contributed by atoms with Crippen molar-refractivity contribution < 1.29 is 4.79 Å². The van der Waals surface area contributed by atoms with Crippen molar-refractivity contribution in [3.8, 4) is 0 Å². The zero-order chi connectivity index (χ0) is 12.2. The van der Waals surface area contributed by atoms with Crippen molar-refractivity contribution in [2.24, 2.45) is 17.1 Å². The van der Waals surface area contributed by atoms with E-state index in [0.717, 1.165) is 38.6 Å². The summed E-state index contributed by atoms with van der Waals surface area (Å²) in [6.07, 6.45) is 4.96. The Labute approximate surface area is 103 Å². The average molecular weight is 242 g/mol. The number of carbonyl (C=O) groups is 1. The van der Waals surface area contributed by atoms with Gasteiger partial charge in [0.05, 0.1) is 10.4 Å². The highest BCUT2D eigenvalue weighted by Crippen LogP contribution is 2.45. The van der Waals surface area contributed by atoms with Gasteiger partial charge in [-0.2, -0.15) is 0 Å². The van der Waals surface area contributed by atoms with Crippen molar-refractivity contribution in [1.82, 2.24) is 5.32 Å². The third-order valence-corrected chi connectivity index (χ3v) is 3.76. The maximum Gasteiger partial charge on any atom is 0.233 e. The van der Waals surface area contributed by atoms with Crippen LogP contribution in [-0.2, 0) is 4.79 Å². The normalized spacial score (nSPS) is 28.2. The molecule has 0 unspecified atom stereocenters. The summed E-state index contributed by atoms with van der Waals surface area (Å²) >= 11 is 5.03. The van der Waals surface area contributed by atoms with E-state index >= 15 is 0 Å². The number of nitrogens with two attached hydrogens (primary N) is 1. The van der Waals surface area contributed by atoms with Crippen LogP contribution in [0.1, 0.15) is 46.0 Å². The SMILES string of the molecule is CCCCCNC(=O)C1(C(N)=S)CC(C)C1. The van der Waals surface area contributed by atoms with Gasteiger partial charge in [-0.3, -0.25) is 4.79 Å². The minimum absolute atomic E-state index is 0.0363. The van der Waals surface area contributed by atoms with Gasteiger partial charge in [-0.1, -0.05) is 38.9 Å². The second kappa shape index (κ2) is 5.62. The summed E-state index contributed by atoms with van der Waals surface area (Å²) in [5, 5.41) is 2.96. The van der Waals surface area contributed by atoms with Gasteiger partial charge in [0.2, 0.25) is 5.91 Å². The fourth-order valence-electron chi connectivity index (χ4n) is 2.37. The van der Waals surface area contributed by atoms with E-state index in [4.69, 9.17) is 18.0 Å². The summed E-state index contributed by atoms with van der Waals surface area (Å²) in [6, 6.07) is 0. The van der Waals surface area contributed by atoms with Crippen molar-refractivity contribution >= 4 is 23.1 Å². The van der Waals surface area contributed by atoms with Gasteiger partial charge >= 0.3 is 0 Å². The van der Waals surface area contributed by atoms with Gasteiger partial charge in [0.25, 0.3) is 0 Å². The van der Waals surface area contributed by atoms with Crippen molar-refractivity contribution in [1.29, 1.82) is 0 Å². The van der Waals surface area contributed by atoms with E-state index in [9.17, 15) is 4.79 Å². The fraction of sp³-hybridized carbons (Fsp3) is 0.833. The lowest BCUT2D eigenvalue weighted by Gasteiger charge is -2.44. The summed E-state index contributed by atoms with van der Waals surface area (Å²) < 4.78 is 0. The molecule has 0 radical (unpaired) electrons. The van der Waals surface area contributed by atoms with E-state index in [1.807, 2.05) is 0 Å². The Bertz CT molecular complexity index is 272. The number of nitrogens with one attached hydrogen (secondary N) is 1. The van der Waals surface area contributed by atoms with E-state index in [2.05, 4.69) is 19.2 Å². The molecule has 0 heterocycles. The monoisotopic (exact) mass is 242 g/mol. The van der Waals surface area contributed by atoms with Gasteiger partial charge in [-0.15, -0.1) is 0 Å². The van der Waals surface area contributed by atoms with E-state index in [1.165, 1.54) is 0 Å². The van der Waals surface area contributed by atoms with Crippen LogP contribution in [0.15, 0.2) is 0 Å². The molecule has 1 amide bonds. The Morgan fingerprint density at radius 3 is 2.56 bits per heavy atom. The molecule has 92 valence electrons. The van der Waals surface area contributed by atoms with Gasteiger partial charge in [0.1, 0.15) is 0 Å². The molecule has 0 spiro atoms. The van der Waals surface area contributed by atoms with E-state index < -0.39 is 5.41 Å². The molecule has 0 aromatic rings. The van der Waals surface area contributed by atoms with Crippen molar-refractivity contribution in [3.05, 3.63) is 0 Å². The first-order valence-electron chi connectivity index (χ1n) is 6.11. The van der Waals surface area contributed by atoms with E-state index in [0.29, 0.717) is 10.9 Å². The van der Waals surface area contributed by atoms with Crippen LogP contribution in [0.2, 0.25) is 0 Å². The predicted molar refractivity (Wildman–Crippen MR) is 70.2 cm³/mol. The molecular weight excluding hydrogens is 220 g/mol. The fourth-order valence-corrected chi connectivity index (χ4v) is 2.63. The molecule has 3 N–H and O–H groups in total. The first kappa shape index (κ1) is 13.4. The lowest BCUT2D eigenvalue weighted by molar-refractivity contribution is -0.132. The lowest BCUT2D eigenvalue weighted by Crippen LogP contribution is -2.56. The molecule has 0 atom stereocenters. The number of rotatable bonds is 6. The van der Waals surface area contributed by atoms with Gasteiger partial charge in [0.15, 0.2) is 0 Å². The molecule has 0 bridgehead atoms. The van der Waals surface area contributed by atoms with Gasteiger partial charge in [-0.05, 0) is 25.2 Å². The van der Waals surface area contributed by atoms with Gasteiger partial charge < -0.3 is 11.1 Å². The second-order valence-corrected chi connectivity index (χ2v) is 5.36. The molecule has 1 fully saturated rings. The molecule has 0 aromatic heterocycles. The molecule has 16 heavy (non-hydrogen) atoms. The predicted octanol–water partition coefficient (Wildman–Crippen LogP) is 2.00. The minimum Gasteiger partial charge on any atom is -0.392 e. The number of carbonyl (C=O) groups excluding carboxylic acids is 1. The molecule has 1 saturated carbocycles. The highest BCUT2D eigenvalue weighted by atomic mass is 32.1. The molecule has 0 aliphatic heterocycles. The minimum atomic E-state index is -0.541. The van der Waals surface area contributed by atoms with Crippen LogP contribution in [-0.4, -0.2) is 17.4 Å². The first-order valence-corrected chi connectivity index (χ1v) is 6.52. The lowest BCUT2D eigenvalue weighted by atomic mass is 9.62. The van der Waals surface area contributed by atoms with E-state index in [-0.39, 0.29) is 5.91 Å². The maximum atomic E-state index is 12.0. The smallest absolute Gasteiger partial charge is 0.233 e. The average Bonchev–Trinajstić information content (AvgIpc) is 2.18. The molecule has 1 aliphatic rings. The zero-order valence-corrected chi connectivity index (χ0v) is 11.0. The molecular formula is C12H22N2OS. The first-order chi connectivity index (χ1) is 7.53. The number of hydrogen-bond acceptors (Lipinski definition) is 2. The standard InChI is InChI=1S/C12H22N2OS/c1-3-4-5-6-14-11(15)12(10(13)16)7-9(2)8-12/h9H,3-8H2,1-2H3,(H2,13,16)(H,14,15). The highest BCUT2D eigenvalue weighted by molar-refractivity contribution is 7.80. The summed E-state index contributed by atoms with van der Waals surface area (Å²) in [4.78, 5) is 12.4. The van der Waals surface area contributed by atoms with Crippen LogP contribution in [0.5, 0.6) is 0 Å². The van der Waals surface area contributed by atoms with Gasteiger partial charge in [0, 0.05) is 6.54 Å². The quantitative estimate of drug-likeness (QED) is 0.553. The largest absolute Gasteiger partial charge is 0.392 e. The van der Waals surface area contributed by atoms with Crippen molar-refractivity contribution in [2.75, 3.05) is 6.54 Å². The van der Waals surface area contributed by atoms with Crippen molar-refractivity contribution in [3.63, 3.8) is 0 Å². The Hall–Kier alpha value is -0.640. The van der Waals surface area contributed by atoms with Crippen LogP contribution in [0.4, 0.5) is 0 Å². The summed E-state index contributed by atoms with van der Waals surface area (Å²) in [5.74, 6) is 0.595. The second-order valence-electron chi connectivity index (χ2n) is 4.92. The third kappa shape index (κ3) is 2.73.